The van der Waals surface area contributed by atoms with E-state index in [0.717, 1.165) is 23.7 Å². The molecule has 0 aliphatic heterocycles. The summed E-state index contributed by atoms with van der Waals surface area (Å²) in [5.41, 5.74) is 4.04. The zero-order valence-corrected chi connectivity index (χ0v) is 12.6. The van der Waals surface area contributed by atoms with E-state index in [1.54, 1.807) is 6.20 Å². The normalized spacial score (nSPS) is 13.6. The van der Waals surface area contributed by atoms with Crippen LogP contribution < -0.4 is 10.1 Å². The molecule has 0 bridgehead atoms. The number of nitrogens with one attached hydrogen (secondary N) is 1. The fraction of sp³-hybridized carbons (Fsp3) is 0.389. The number of aromatic nitrogens is 1. The maximum atomic E-state index is 5.97. The molecular weight excluding hydrogens is 260 g/mol. The van der Waals surface area contributed by atoms with Crippen LogP contribution in [0.2, 0.25) is 0 Å². The maximum Gasteiger partial charge on any atom is 0.132 e. The summed E-state index contributed by atoms with van der Waals surface area (Å²) in [7, 11) is 0. The van der Waals surface area contributed by atoms with Crippen molar-refractivity contribution in [3.8, 4) is 5.75 Å². The van der Waals surface area contributed by atoms with Crippen molar-refractivity contribution >= 4 is 5.82 Å². The fourth-order valence-corrected chi connectivity index (χ4v) is 2.84. The minimum absolute atomic E-state index is 0.551. The summed E-state index contributed by atoms with van der Waals surface area (Å²) in [6, 6.07) is 10.5. The monoisotopic (exact) mass is 282 g/mol. The first-order chi connectivity index (χ1) is 10.4. The third-order valence-corrected chi connectivity index (χ3v) is 3.95. The molecule has 0 fully saturated rings. The molecule has 1 heterocycles. The van der Waals surface area contributed by atoms with E-state index >= 15 is 0 Å². The van der Waals surface area contributed by atoms with Gasteiger partial charge in [0.25, 0.3) is 0 Å². The quantitative estimate of drug-likeness (QED) is 0.901. The van der Waals surface area contributed by atoms with E-state index in [-0.39, 0.29) is 0 Å². The van der Waals surface area contributed by atoms with Gasteiger partial charge in [0.2, 0.25) is 0 Å². The highest BCUT2D eigenvalue weighted by Gasteiger charge is 2.10. The molecule has 0 saturated carbocycles. The Morgan fingerprint density at radius 3 is 2.86 bits per heavy atom. The summed E-state index contributed by atoms with van der Waals surface area (Å²) < 4.78 is 5.97. The first-order valence-electron chi connectivity index (χ1n) is 7.79. The topological polar surface area (TPSA) is 34.2 Å². The lowest BCUT2D eigenvalue weighted by Crippen LogP contribution is -2.06. The average molecular weight is 282 g/mol. The van der Waals surface area contributed by atoms with Crippen LogP contribution in [0.3, 0.4) is 0 Å². The van der Waals surface area contributed by atoms with E-state index in [1.807, 2.05) is 6.07 Å². The van der Waals surface area contributed by atoms with Crippen molar-refractivity contribution < 1.29 is 4.74 Å². The lowest BCUT2D eigenvalue weighted by molar-refractivity contribution is 0.306. The molecule has 0 unspecified atom stereocenters. The Hall–Kier alpha value is -2.03. The Morgan fingerprint density at radius 1 is 1.14 bits per heavy atom. The Bertz CT molecular complexity index is 610. The molecular formula is C18H22N2O. The molecule has 3 nitrogen and oxygen atoms in total. The summed E-state index contributed by atoms with van der Waals surface area (Å²) in [5, 5.41) is 3.27. The van der Waals surface area contributed by atoms with Crippen LogP contribution in [0.25, 0.3) is 0 Å². The van der Waals surface area contributed by atoms with Crippen molar-refractivity contribution in [1.82, 2.24) is 4.98 Å². The van der Waals surface area contributed by atoms with Gasteiger partial charge >= 0.3 is 0 Å². The minimum Gasteiger partial charge on any atom is -0.489 e. The fourth-order valence-electron chi connectivity index (χ4n) is 2.84. The first kappa shape index (κ1) is 13.9. The number of benzene rings is 1. The van der Waals surface area contributed by atoms with E-state index in [1.165, 1.54) is 36.8 Å². The average Bonchev–Trinajstić information content (AvgIpc) is 2.54. The highest BCUT2D eigenvalue weighted by molar-refractivity contribution is 5.43. The zero-order chi connectivity index (χ0) is 14.5. The zero-order valence-electron chi connectivity index (χ0n) is 12.6. The van der Waals surface area contributed by atoms with Gasteiger partial charge in [-0.1, -0.05) is 12.1 Å². The molecule has 21 heavy (non-hydrogen) atoms. The summed E-state index contributed by atoms with van der Waals surface area (Å²) in [6.07, 6.45) is 6.81. The number of rotatable bonds is 5. The highest BCUT2D eigenvalue weighted by atomic mass is 16.5. The molecule has 1 aromatic carbocycles. The summed E-state index contributed by atoms with van der Waals surface area (Å²) >= 11 is 0. The molecule has 0 saturated heterocycles. The second kappa shape index (κ2) is 6.61. The van der Waals surface area contributed by atoms with Crippen molar-refractivity contribution in [2.45, 2.75) is 39.2 Å². The van der Waals surface area contributed by atoms with Gasteiger partial charge in [0.05, 0.1) is 0 Å². The highest BCUT2D eigenvalue weighted by Crippen LogP contribution is 2.26. The van der Waals surface area contributed by atoms with E-state index in [0.29, 0.717) is 6.61 Å². The van der Waals surface area contributed by atoms with Gasteiger partial charge in [0, 0.05) is 18.3 Å². The van der Waals surface area contributed by atoms with Gasteiger partial charge in [-0.3, -0.25) is 0 Å². The SMILES string of the molecule is CCNc1ncccc1COc1ccc2c(c1)CCCC2. The third-order valence-electron chi connectivity index (χ3n) is 3.95. The van der Waals surface area contributed by atoms with Crippen LogP contribution in [-0.4, -0.2) is 11.5 Å². The van der Waals surface area contributed by atoms with Gasteiger partial charge in [-0.05, 0) is 61.9 Å². The third kappa shape index (κ3) is 3.35. The number of fused-ring (bicyclic) bond motifs is 1. The second-order valence-electron chi connectivity index (χ2n) is 5.47. The minimum atomic E-state index is 0.551. The van der Waals surface area contributed by atoms with Crippen molar-refractivity contribution in [3.63, 3.8) is 0 Å². The maximum absolute atomic E-state index is 5.97. The van der Waals surface area contributed by atoms with Crippen molar-refractivity contribution in [1.29, 1.82) is 0 Å². The van der Waals surface area contributed by atoms with Crippen LogP contribution in [0, 0.1) is 0 Å². The molecule has 0 radical (unpaired) electrons. The van der Waals surface area contributed by atoms with Crippen LogP contribution in [0.5, 0.6) is 5.75 Å². The lowest BCUT2D eigenvalue weighted by atomic mass is 9.92. The molecule has 0 atom stereocenters. The first-order valence-corrected chi connectivity index (χ1v) is 7.79. The summed E-state index contributed by atoms with van der Waals surface area (Å²) in [6.45, 7) is 3.49. The predicted molar refractivity (Wildman–Crippen MR) is 85.8 cm³/mol. The number of aryl methyl sites for hydroxylation is 2. The van der Waals surface area contributed by atoms with E-state index in [2.05, 4.69) is 41.5 Å². The van der Waals surface area contributed by atoms with Crippen LogP contribution in [0.1, 0.15) is 36.5 Å². The van der Waals surface area contributed by atoms with Crippen LogP contribution in [0.15, 0.2) is 36.5 Å². The molecule has 1 aromatic heterocycles. The number of hydrogen-bond donors (Lipinski definition) is 1. The van der Waals surface area contributed by atoms with Crippen molar-refractivity contribution in [2.24, 2.45) is 0 Å². The molecule has 3 heteroatoms. The summed E-state index contributed by atoms with van der Waals surface area (Å²) in [4.78, 5) is 4.36. The second-order valence-corrected chi connectivity index (χ2v) is 5.47. The molecule has 1 aliphatic rings. The van der Waals surface area contributed by atoms with E-state index in [4.69, 9.17) is 4.74 Å². The molecule has 3 rings (SSSR count). The van der Waals surface area contributed by atoms with E-state index < -0.39 is 0 Å². The van der Waals surface area contributed by atoms with Gasteiger partial charge in [-0.15, -0.1) is 0 Å². The summed E-state index contributed by atoms with van der Waals surface area (Å²) in [5.74, 6) is 1.87. The predicted octanol–water partition coefficient (Wildman–Crippen LogP) is 3.97. The molecule has 1 aliphatic carbocycles. The Labute approximate surface area is 126 Å². The number of nitrogens with zero attached hydrogens (tertiary/aromatic N) is 1. The standard InChI is InChI=1S/C18H22N2O/c1-2-19-18-16(8-5-11-20-18)13-21-17-10-9-14-6-3-4-7-15(14)12-17/h5,8-12H,2-4,6-7,13H2,1H3,(H,19,20). The van der Waals surface area contributed by atoms with Crippen molar-refractivity contribution in [3.05, 3.63) is 53.2 Å². The smallest absolute Gasteiger partial charge is 0.132 e. The Balaban J connectivity index is 1.70. The Kier molecular flexibility index (Phi) is 4.39. The lowest BCUT2D eigenvalue weighted by Gasteiger charge is -2.17. The van der Waals surface area contributed by atoms with Gasteiger partial charge in [-0.25, -0.2) is 4.98 Å². The van der Waals surface area contributed by atoms with Gasteiger partial charge in [-0.2, -0.15) is 0 Å². The number of ether oxygens (including phenoxy) is 1. The molecule has 110 valence electrons. The molecule has 0 spiro atoms. The van der Waals surface area contributed by atoms with Gasteiger partial charge < -0.3 is 10.1 Å². The Morgan fingerprint density at radius 2 is 2.00 bits per heavy atom. The van der Waals surface area contributed by atoms with Crippen LogP contribution in [0.4, 0.5) is 5.82 Å². The van der Waals surface area contributed by atoms with Gasteiger partial charge in [0.1, 0.15) is 18.2 Å². The molecule has 1 N–H and O–H groups in total. The van der Waals surface area contributed by atoms with Crippen LogP contribution >= 0.6 is 0 Å². The largest absolute Gasteiger partial charge is 0.489 e. The van der Waals surface area contributed by atoms with Gasteiger partial charge in [0.15, 0.2) is 0 Å². The molecule has 2 aromatic rings. The number of hydrogen-bond acceptors (Lipinski definition) is 3. The number of anilines is 1. The van der Waals surface area contributed by atoms with Crippen molar-refractivity contribution in [2.75, 3.05) is 11.9 Å². The van der Waals surface area contributed by atoms with E-state index in [9.17, 15) is 0 Å². The molecule has 0 amide bonds. The number of pyridine rings is 1. The van der Waals surface area contributed by atoms with Crippen LogP contribution in [-0.2, 0) is 19.4 Å².